The zero-order valence-electron chi connectivity index (χ0n) is 12.1. The first-order chi connectivity index (χ1) is 10.2. The number of aryl methyl sites for hydroxylation is 2. The lowest BCUT2D eigenvalue weighted by Crippen LogP contribution is -2.24. The summed E-state index contributed by atoms with van der Waals surface area (Å²) in [5, 5.41) is 4.17. The van der Waals surface area contributed by atoms with Gasteiger partial charge in [-0.15, -0.1) is 0 Å². The number of hydrogen-bond donors (Lipinski definition) is 2. The van der Waals surface area contributed by atoms with Crippen LogP contribution in [-0.2, 0) is 24.8 Å². The van der Waals surface area contributed by atoms with Gasteiger partial charge >= 0.3 is 0 Å². The number of nitrogens with one attached hydrogen (secondary N) is 2. The molecule has 0 saturated carbocycles. The third kappa shape index (κ3) is 2.99. The maximum atomic E-state index is 12.0. The molecule has 2 N–H and O–H groups in total. The van der Waals surface area contributed by atoms with E-state index in [0.717, 1.165) is 17.6 Å². The third-order valence-electron chi connectivity index (χ3n) is 3.81. The van der Waals surface area contributed by atoms with Crippen molar-refractivity contribution in [3.8, 4) is 0 Å². The minimum absolute atomic E-state index is 0.0847. The van der Waals surface area contributed by atoms with Gasteiger partial charge in [0.1, 0.15) is 0 Å². The Morgan fingerprint density at radius 2 is 2.10 bits per heavy atom. The summed E-state index contributed by atoms with van der Waals surface area (Å²) in [5.41, 5.74) is 3.42. The second-order valence-corrected chi connectivity index (χ2v) is 5.25. The third-order valence-corrected chi connectivity index (χ3v) is 3.81. The van der Waals surface area contributed by atoms with E-state index in [-0.39, 0.29) is 5.91 Å². The van der Waals surface area contributed by atoms with Gasteiger partial charge in [0, 0.05) is 42.5 Å². The zero-order valence-corrected chi connectivity index (χ0v) is 12.1. The van der Waals surface area contributed by atoms with E-state index in [1.165, 1.54) is 10.9 Å². The average Bonchev–Trinajstić information content (AvgIpc) is 3.09. The van der Waals surface area contributed by atoms with Crippen molar-refractivity contribution in [3.05, 3.63) is 60.0 Å². The van der Waals surface area contributed by atoms with E-state index >= 15 is 0 Å². The maximum Gasteiger partial charge on any atom is 0.220 e. The van der Waals surface area contributed by atoms with Crippen LogP contribution in [0.3, 0.4) is 0 Å². The molecule has 0 bridgehead atoms. The number of hydrogen-bond acceptors (Lipinski definition) is 1. The van der Waals surface area contributed by atoms with Gasteiger partial charge in [-0.2, -0.15) is 0 Å². The first kappa shape index (κ1) is 13.5. The Balaban J connectivity index is 1.55. The van der Waals surface area contributed by atoms with Crippen molar-refractivity contribution in [3.63, 3.8) is 0 Å². The van der Waals surface area contributed by atoms with Crippen LogP contribution < -0.4 is 5.32 Å². The fourth-order valence-electron chi connectivity index (χ4n) is 2.54. The number of aromatic amines is 1. The van der Waals surface area contributed by atoms with E-state index in [9.17, 15) is 4.79 Å². The van der Waals surface area contributed by atoms with Gasteiger partial charge in [0.15, 0.2) is 0 Å². The van der Waals surface area contributed by atoms with Crippen LogP contribution in [0.2, 0.25) is 0 Å². The molecular formula is C17H19N3O. The first-order valence-corrected chi connectivity index (χ1v) is 7.16. The number of fused-ring (bicyclic) bond motifs is 1. The predicted octanol–water partition coefficient (Wildman–Crippen LogP) is 2.76. The summed E-state index contributed by atoms with van der Waals surface area (Å²) in [6, 6.07) is 12.2. The Bertz CT molecular complexity index is 754. The minimum Gasteiger partial charge on any atom is -0.361 e. The Hall–Kier alpha value is -2.49. The topological polar surface area (TPSA) is 49.8 Å². The summed E-state index contributed by atoms with van der Waals surface area (Å²) in [7, 11) is 1.98. The molecule has 0 unspecified atom stereocenters. The van der Waals surface area contributed by atoms with Crippen molar-refractivity contribution in [2.75, 3.05) is 0 Å². The largest absolute Gasteiger partial charge is 0.361 e. The quantitative estimate of drug-likeness (QED) is 0.742. The smallest absolute Gasteiger partial charge is 0.220 e. The molecule has 0 aliphatic carbocycles. The van der Waals surface area contributed by atoms with Crippen LogP contribution in [0.1, 0.15) is 17.7 Å². The van der Waals surface area contributed by atoms with Crippen LogP contribution in [0, 0.1) is 0 Å². The molecule has 1 aromatic carbocycles. The van der Waals surface area contributed by atoms with Crippen molar-refractivity contribution in [2.24, 2.45) is 7.05 Å². The van der Waals surface area contributed by atoms with Crippen LogP contribution >= 0.6 is 0 Å². The number of carbonyl (C=O) groups is 1. The summed E-state index contributed by atoms with van der Waals surface area (Å²) in [5.74, 6) is 0.0847. The van der Waals surface area contributed by atoms with Gasteiger partial charge in [-0.25, -0.2) is 0 Å². The molecule has 2 aromatic heterocycles. The molecule has 21 heavy (non-hydrogen) atoms. The number of nitrogens with zero attached hydrogens (tertiary/aromatic N) is 1. The molecule has 0 aliphatic rings. The highest BCUT2D eigenvalue weighted by molar-refractivity contribution is 5.84. The SMILES string of the molecule is Cn1cccc1CNC(=O)CCc1c[nH]c2ccccc12. The van der Waals surface area contributed by atoms with Gasteiger partial charge in [-0.05, 0) is 30.2 Å². The monoisotopic (exact) mass is 281 g/mol. The maximum absolute atomic E-state index is 12.0. The minimum atomic E-state index is 0.0847. The highest BCUT2D eigenvalue weighted by Gasteiger charge is 2.07. The summed E-state index contributed by atoms with van der Waals surface area (Å²) in [4.78, 5) is 15.2. The van der Waals surface area contributed by atoms with Gasteiger partial charge < -0.3 is 14.9 Å². The van der Waals surface area contributed by atoms with Crippen molar-refractivity contribution in [1.82, 2.24) is 14.9 Å². The van der Waals surface area contributed by atoms with E-state index in [4.69, 9.17) is 0 Å². The van der Waals surface area contributed by atoms with Crippen LogP contribution in [0.25, 0.3) is 10.9 Å². The van der Waals surface area contributed by atoms with E-state index in [1.807, 2.05) is 54.3 Å². The number of para-hydroxylation sites is 1. The molecule has 0 atom stereocenters. The molecule has 3 rings (SSSR count). The second kappa shape index (κ2) is 5.87. The molecular weight excluding hydrogens is 262 g/mol. The second-order valence-electron chi connectivity index (χ2n) is 5.25. The molecule has 4 heteroatoms. The first-order valence-electron chi connectivity index (χ1n) is 7.16. The summed E-state index contributed by atoms with van der Waals surface area (Å²) in [6.07, 6.45) is 5.23. The molecule has 0 saturated heterocycles. The fourth-order valence-corrected chi connectivity index (χ4v) is 2.54. The Kier molecular flexibility index (Phi) is 3.77. The van der Waals surface area contributed by atoms with E-state index in [0.29, 0.717) is 13.0 Å². The highest BCUT2D eigenvalue weighted by atomic mass is 16.1. The number of rotatable bonds is 5. The summed E-state index contributed by atoms with van der Waals surface area (Å²) < 4.78 is 2.01. The zero-order chi connectivity index (χ0) is 14.7. The number of aromatic nitrogens is 2. The fraction of sp³-hybridized carbons (Fsp3) is 0.235. The lowest BCUT2D eigenvalue weighted by atomic mass is 10.1. The van der Waals surface area contributed by atoms with Gasteiger partial charge in [-0.3, -0.25) is 4.79 Å². The standard InChI is InChI=1S/C17H19N3O/c1-20-10-4-5-14(20)12-19-17(21)9-8-13-11-18-16-7-3-2-6-15(13)16/h2-7,10-11,18H,8-9,12H2,1H3,(H,19,21). The van der Waals surface area contributed by atoms with Gasteiger partial charge in [0.25, 0.3) is 0 Å². The number of benzene rings is 1. The van der Waals surface area contributed by atoms with Crippen LogP contribution in [0.5, 0.6) is 0 Å². The molecule has 2 heterocycles. The van der Waals surface area contributed by atoms with Crippen LogP contribution in [0.4, 0.5) is 0 Å². The van der Waals surface area contributed by atoms with E-state index < -0.39 is 0 Å². The molecule has 0 spiro atoms. The number of amides is 1. The van der Waals surface area contributed by atoms with E-state index in [1.54, 1.807) is 0 Å². The van der Waals surface area contributed by atoms with Crippen LogP contribution in [-0.4, -0.2) is 15.5 Å². The molecule has 0 radical (unpaired) electrons. The van der Waals surface area contributed by atoms with E-state index in [2.05, 4.69) is 16.4 Å². The Labute approximate surface area is 123 Å². The predicted molar refractivity (Wildman–Crippen MR) is 83.9 cm³/mol. The Morgan fingerprint density at radius 3 is 2.90 bits per heavy atom. The average molecular weight is 281 g/mol. The van der Waals surface area contributed by atoms with Gasteiger partial charge in [0.05, 0.1) is 6.54 Å². The normalized spacial score (nSPS) is 10.9. The van der Waals surface area contributed by atoms with Crippen LogP contribution in [0.15, 0.2) is 48.8 Å². The lowest BCUT2D eigenvalue weighted by Gasteiger charge is -2.06. The molecule has 0 fully saturated rings. The highest BCUT2D eigenvalue weighted by Crippen LogP contribution is 2.18. The molecule has 0 aliphatic heterocycles. The van der Waals surface area contributed by atoms with Crippen molar-refractivity contribution >= 4 is 16.8 Å². The number of carbonyl (C=O) groups excluding carboxylic acids is 1. The number of H-pyrrole nitrogens is 1. The van der Waals surface area contributed by atoms with Crippen molar-refractivity contribution < 1.29 is 4.79 Å². The van der Waals surface area contributed by atoms with Crippen molar-refractivity contribution in [2.45, 2.75) is 19.4 Å². The lowest BCUT2D eigenvalue weighted by molar-refractivity contribution is -0.121. The molecule has 3 aromatic rings. The van der Waals surface area contributed by atoms with Gasteiger partial charge in [0.2, 0.25) is 5.91 Å². The molecule has 4 nitrogen and oxygen atoms in total. The molecule has 108 valence electrons. The summed E-state index contributed by atoms with van der Waals surface area (Å²) >= 11 is 0. The Morgan fingerprint density at radius 1 is 1.24 bits per heavy atom. The van der Waals surface area contributed by atoms with Gasteiger partial charge in [-0.1, -0.05) is 18.2 Å². The summed E-state index contributed by atoms with van der Waals surface area (Å²) in [6.45, 7) is 0.580. The molecule has 1 amide bonds. The van der Waals surface area contributed by atoms with Crippen molar-refractivity contribution in [1.29, 1.82) is 0 Å².